The summed E-state index contributed by atoms with van der Waals surface area (Å²) >= 11 is 0. The predicted molar refractivity (Wildman–Crippen MR) is 267 cm³/mol. The summed E-state index contributed by atoms with van der Waals surface area (Å²) in [4.78, 5) is 17.5. The highest BCUT2D eigenvalue weighted by molar-refractivity contribution is 7.00. The van der Waals surface area contributed by atoms with Gasteiger partial charge in [0.05, 0.1) is 0 Å². The first kappa shape index (κ1) is 37.3. The summed E-state index contributed by atoms with van der Waals surface area (Å²) < 4.78 is 0. The maximum absolute atomic E-state index is 5.19. The first-order chi connectivity index (χ1) is 31.8. The van der Waals surface area contributed by atoms with Crippen molar-refractivity contribution in [3.63, 3.8) is 0 Å². The smallest absolute Gasteiger partial charge is 0.252 e. The number of para-hydroxylation sites is 3. The van der Waals surface area contributed by atoms with E-state index in [0.29, 0.717) is 5.95 Å². The third-order valence-electron chi connectivity index (χ3n) is 12.5. The van der Waals surface area contributed by atoms with Gasteiger partial charge in [-0.15, -0.1) is 0 Å². The normalized spacial score (nSPS) is 12.3. The van der Waals surface area contributed by atoms with E-state index < -0.39 is 0 Å². The molecule has 12 rings (SSSR count). The second-order valence-electron chi connectivity index (χ2n) is 16.3. The predicted octanol–water partition coefficient (Wildman–Crippen LogP) is 13.0. The number of fused-ring (bicyclic) bond motifs is 4. The zero-order valence-electron chi connectivity index (χ0n) is 34.9. The van der Waals surface area contributed by atoms with E-state index >= 15 is 0 Å². The molecule has 0 saturated carbocycles. The maximum atomic E-state index is 5.19. The van der Waals surface area contributed by atoms with E-state index in [0.717, 1.165) is 78.9 Å². The zero-order chi connectivity index (χ0) is 42.4. The Kier molecular flexibility index (Phi) is 9.19. The van der Waals surface area contributed by atoms with Crippen molar-refractivity contribution < 1.29 is 0 Å². The molecule has 9 aromatic carbocycles. The molecule has 2 aliphatic rings. The minimum atomic E-state index is -0.0969. The van der Waals surface area contributed by atoms with Crippen LogP contribution < -0.4 is 31.1 Å². The molecule has 6 heteroatoms. The fourth-order valence-corrected chi connectivity index (χ4v) is 9.61. The van der Waals surface area contributed by atoms with Crippen LogP contribution in [0.25, 0.3) is 33.4 Å². The summed E-state index contributed by atoms with van der Waals surface area (Å²) in [5, 5.41) is 0. The Bertz CT molecular complexity index is 3220. The monoisotopic (exact) mass is 817 g/mol. The van der Waals surface area contributed by atoms with Crippen molar-refractivity contribution >= 4 is 74.5 Å². The number of hydrogen-bond acceptors (Lipinski definition) is 5. The number of anilines is 9. The molecule has 300 valence electrons. The first-order valence-electron chi connectivity index (χ1n) is 21.8. The van der Waals surface area contributed by atoms with E-state index in [1.807, 2.05) is 18.5 Å². The van der Waals surface area contributed by atoms with Crippen LogP contribution >= 0.6 is 0 Å². The van der Waals surface area contributed by atoms with Crippen LogP contribution in [0.15, 0.2) is 243 Å². The highest BCUT2D eigenvalue weighted by Crippen LogP contribution is 2.47. The van der Waals surface area contributed by atoms with Crippen LogP contribution in [0.5, 0.6) is 0 Å². The number of nitrogens with zero attached hydrogens (tertiary/aromatic N) is 5. The molecule has 0 amide bonds. The molecule has 0 fully saturated rings. The van der Waals surface area contributed by atoms with Crippen molar-refractivity contribution in [2.45, 2.75) is 0 Å². The van der Waals surface area contributed by atoms with Gasteiger partial charge in [0.15, 0.2) is 0 Å². The maximum Gasteiger partial charge on any atom is 0.252 e. The van der Waals surface area contributed by atoms with E-state index in [9.17, 15) is 0 Å². The summed E-state index contributed by atoms with van der Waals surface area (Å²) in [6.07, 6.45) is 3.91. The number of benzene rings is 9. The fourth-order valence-electron chi connectivity index (χ4n) is 9.61. The molecule has 10 aromatic rings. The van der Waals surface area contributed by atoms with Crippen LogP contribution in [-0.4, -0.2) is 16.7 Å². The lowest BCUT2D eigenvalue weighted by Crippen LogP contribution is -2.61. The van der Waals surface area contributed by atoms with E-state index in [1.54, 1.807) is 0 Å². The molecule has 0 aliphatic carbocycles. The molecule has 64 heavy (non-hydrogen) atoms. The molecule has 0 N–H and O–H groups in total. The van der Waals surface area contributed by atoms with Crippen molar-refractivity contribution in [3.05, 3.63) is 243 Å². The Morgan fingerprint density at radius 1 is 0.328 bits per heavy atom. The Labute approximate surface area is 373 Å². The van der Waals surface area contributed by atoms with Gasteiger partial charge < -0.3 is 9.80 Å². The molecular weight excluding hydrogens is 777 g/mol. The van der Waals surface area contributed by atoms with Gasteiger partial charge in [0, 0.05) is 63.5 Å². The van der Waals surface area contributed by atoms with Crippen LogP contribution in [0, 0.1) is 0 Å². The molecule has 0 saturated heterocycles. The molecule has 0 radical (unpaired) electrons. The molecule has 2 aliphatic heterocycles. The molecule has 1 aromatic heterocycles. The van der Waals surface area contributed by atoms with E-state index in [4.69, 9.17) is 9.97 Å². The second-order valence-corrected chi connectivity index (χ2v) is 16.3. The zero-order valence-corrected chi connectivity index (χ0v) is 34.9. The van der Waals surface area contributed by atoms with E-state index in [1.165, 1.54) is 16.4 Å². The van der Waals surface area contributed by atoms with Gasteiger partial charge in [-0.1, -0.05) is 164 Å². The van der Waals surface area contributed by atoms with Gasteiger partial charge in [0.2, 0.25) is 5.95 Å². The highest BCUT2D eigenvalue weighted by atomic mass is 15.3. The van der Waals surface area contributed by atoms with Gasteiger partial charge in [-0.25, -0.2) is 9.97 Å². The molecule has 5 nitrogen and oxygen atoms in total. The highest BCUT2D eigenvalue weighted by Gasteiger charge is 2.44. The van der Waals surface area contributed by atoms with Crippen molar-refractivity contribution in [1.29, 1.82) is 0 Å². The van der Waals surface area contributed by atoms with E-state index in [-0.39, 0.29) is 6.71 Å². The summed E-state index contributed by atoms with van der Waals surface area (Å²) in [7, 11) is 0. The number of rotatable bonds is 8. The second kappa shape index (κ2) is 15.8. The van der Waals surface area contributed by atoms with Crippen molar-refractivity contribution in [3.8, 4) is 33.4 Å². The van der Waals surface area contributed by atoms with Gasteiger partial charge in [-0.2, -0.15) is 0 Å². The number of aromatic nitrogens is 2. The standard InChI is InChI=1S/C58H40BN5/c1-7-19-41(20-8-1)44-31-33-51-53(35-44)64(58-60-39-46(40-61-58)43-23-11-3-12-24-43)56-37-45(42-21-9-2-10-22-42)36-55-57(56)59(51)52-34-32-50(38-54(52)63(55)49-29-17-6-18-30-49)62(47-25-13-4-14-26-47)48-27-15-5-16-28-48/h1-40H. The lowest BCUT2D eigenvalue weighted by molar-refractivity contribution is 1.08. The molecule has 3 heterocycles. The topological polar surface area (TPSA) is 35.5 Å². The van der Waals surface area contributed by atoms with Gasteiger partial charge in [0.25, 0.3) is 6.71 Å². The Balaban J connectivity index is 1.15. The lowest BCUT2D eigenvalue weighted by Gasteiger charge is -2.44. The minimum absolute atomic E-state index is 0.0969. The minimum Gasteiger partial charge on any atom is -0.311 e. The van der Waals surface area contributed by atoms with Gasteiger partial charge in [-0.3, -0.25) is 4.90 Å². The van der Waals surface area contributed by atoms with E-state index in [2.05, 4.69) is 239 Å². The first-order valence-corrected chi connectivity index (χ1v) is 21.8. The van der Waals surface area contributed by atoms with Gasteiger partial charge in [-0.05, 0) is 111 Å². The molecule has 0 spiro atoms. The molecule has 0 bridgehead atoms. The summed E-state index contributed by atoms with van der Waals surface area (Å²) in [5.41, 5.74) is 18.9. The van der Waals surface area contributed by atoms with Crippen LogP contribution in [0.1, 0.15) is 0 Å². The average molecular weight is 818 g/mol. The third-order valence-corrected chi connectivity index (χ3v) is 12.5. The van der Waals surface area contributed by atoms with Gasteiger partial charge in [0.1, 0.15) is 0 Å². The fraction of sp³-hybridized carbons (Fsp3) is 0. The van der Waals surface area contributed by atoms with Crippen LogP contribution in [-0.2, 0) is 0 Å². The molecule has 0 atom stereocenters. The average Bonchev–Trinajstić information content (AvgIpc) is 3.38. The number of hydrogen-bond donors (Lipinski definition) is 0. The molecule has 0 unspecified atom stereocenters. The van der Waals surface area contributed by atoms with Crippen molar-refractivity contribution in [2.24, 2.45) is 0 Å². The van der Waals surface area contributed by atoms with Crippen molar-refractivity contribution in [1.82, 2.24) is 9.97 Å². The summed E-state index contributed by atoms with van der Waals surface area (Å²) in [6.45, 7) is -0.0969. The Hall–Kier alpha value is -8.48. The van der Waals surface area contributed by atoms with Crippen molar-refractivity contribution in [2.75, 3.05) is 14.7 Å². The SMILES string of the molecule is c1ccc(-c2cnc(N3c4cc(-c5ccccc5)ccc4B4c5ccc(N(c6ccccc6)c6ccccc6)cc5N(c5ccccc5)c5cc(-c6ccccc6)cc3c54)nc2)cc1. The van der Waals surface area contributed by atoms with Gasteiger partial charge >= 0.3 is 0 Å². The largest absolute Gasteiger partial charge is 0.311 e. The Morgan fingerprint density at radius 2 is 0.766 bits per heavy atom. The summed E-state index contributed by atoms with van der Waals surface area (Å²) in [6, 6.07) is 82.5. The van der Waals surface area contributed by atoms with Crippen LogP contribution in [0.4, 0.5) is 51.4 Å². The van der Waals surface area contributed by atoms with Crippen LogP contribution in [0.2, 0.25) is 0 Å². The van der Waals surface area contributed by atoms with Crippen LogP contribution in [0.3, 0.4) is 0 Å². The molecular formula is C58H40BN5. The third kappa shape index (κ3) is 6.43. The lowest BCUT2D eigenvalue weighted by atomic mass is 9.33. The summed E-state index contributed by atoms with van der Waals surface area (Å²) in [5.74, 6) is 0.616. The Morgan fingerprint density at radius 3 is 1.33 bits per heavy atom. The quantitative estimate of drug-likeness (QED) is 0.143.